The molecule has 0 saturated carbocycles. The molecule has 0 aliphatic carbocycles. The van der Waals surface area contributed by atoms with Gasteiger partial charge in [-0.1, -0.05) is 38.1 Å². The first-order valence-electron chi connectivity index (χ1n) is 6.27. The fourth-order valence-electron chi connectivity index (χ4n) is 1.79. The minimum Gasteiger partial charge on any atom is -0.322 e. The summed E-state index contributed by atoms with van der Waals surface area (Å²) in [6.07, 6.45) is 1.76. The maximum absolute atomic E-state index is 5.80. The smallest absolute Gasteiger partial charge is 0.145 e. The topological polar surface area (TPSA) is 51.8 Å². The number of rotatable bonds is 3. The third-order valence-corrected chi connectivity index (χ3v) is 2.95. The summed E-state index contributed by atoms with van der Waals surface area (Å²) in [5.74, 6) is 1.23. The standard InChI is InChI=1S/C15H19N3/c1-10(2)12-4-6-13(7-5-12)14-8-9-17-15(18-14)11(3)16/h4-11H,16H2,1-3H3. The molecule has 0 amide bonds. The summed E-state index contributed by atoms with van der Waals surface area (Å²) in [6.45, 7) is 6.27. The molecule has 1 atom stereocenters. The van der Waals surface area contributed by atoms with Crippen LogP contribution in [0.25, 0.3) is 11.3 Å². The van der Waals surface area contributed by atoms with Gasteiger partial charge in [-0.3, -0.25) is 0 Å². The minimum absolute atomic E-state index is 0.139. The first-order chi connectivity index (χ1) is 8.58. The monoisotopic (exact) mass is 241 g/mol. The highest BCUT2D eigenvalue weighted by Gasteiger charge is 2.06. The van der Waals surface area contributed by atoms with Crippen LogP contribution in [0, 0.1) is 0 Å². The molecule has 18 heavy (non-hydrogen) atoms. The highest BCUT2D eigenvalue weighted by atomic mass is 14.9. The van der Waals surface area contributed by atoms with Crippen LogP contribution in [0.4, 0.5) is 0 Å². The zero-order chi connectivity index (χ0) is 13.1. The lowest BCUT2D eigenvalue weighted by Gasteiger charge is -2.08. The van der Waals surface area contributed by atoms with Crippen molar-refractivity contribution in [3.63, 3.8) is 0 Å². The van der Waals surface area contributed by atoms with E-state index < -0.39 is 0 Å². The minimum atomic E-state index is -0.139. The fraction of sp³-hybridized carbons (Fsp3) is 0.333. The molecule has 0 fully saturated rings. The predicted octanol–water partition coefficient (Wildman–Crippen LogP) is 3.29. The molecule has 0 bridgehead atoms. The van der Waals surface area contributed by atoms with Crippen LogP contribution in [0.5, 0.6) is 0 Å². The molecule has 2 aromatic rings. The highest BCUT2D eigenvalue weighted by molar-refractivity contribution is 5.59. The van der Waals surface area contributed by atoms with Gasteiger partial charge in [0.1, 0.15) is 5.82 Å². The highest BCUT2D eigenvalue weighted by Crippen LogP contribution is 2.21. The lowest BCUT2D eigenvalue weighted by Crippen LogP contribution is -2.09. The molecule has 2 N–H and O–H groups in total. The zero-order valence-corrected chi connectivity index (χ0v) is 11.1. The number of benzene rings is 1. The maximum atomic E-state index is 5.80. The van der Waals surface area contributed by atoms with E-state index in [-0.39, 0.29) is 6.04 Å². The summed E-state index contributed by atoms with van der Waals surface area (Å²) >= 11 is 0. The van der Waals surface area contributed by atoms with E-state index >= 15 is 0 Å². The van der Waals surface area contributed by atoms with Crippen LogP contribution in [-0.2, 0) is 0 Å². The predicted molar refractivity (Wildman–Crippen MR) is 74.2 cm³/mol. The Bertz CT molecular complexity index is 516. The van der Waals surface area contributed by atoms with Crippen molar-refractivity contribution in [1.29, 1.82) is 0 Å². The third kappa shape index (κ3) is 2.74. The van der Waals surface area contributed by atoms with Crippen LogP contribution in [0.2, 0.25) is 0 Å². The largest absolute Gasteiger partial charge is 0.322 e. The van der Waals surface area contributed by atoms with Crippen molar-refractivity contribution in [1.82, 2.24) is 9.97 Å². The second-order valence-corrected chi connectivity index (χ2v) is 4.87. The van der Waals surface area contributed by atoms with Crippen LogP contribution in [0.15, 0.2) is 36.5 Å². The van der Waals surface area contributed by atoms with Gasteiger partial charge in [0.05, 0.1) is 11.7 Å². The molecule has 1 aromatic carbocycles. The van der Waals surface area contributed by atoms with E-state index in [1.165, 1.54) is 5.56 Å². The van der Waals surface area contributed by atoms with Crippen molar-refractivity contribution in [2.45, 2.75) is 32.7 Å². The van der Waals surface area contributed by atoms with Crippen LogP contribution in [0.3, 0.4) is 0 Å². The Morgan fingerprint density at radius 2 is 1.67 bits per heavy atom. The van der Waals surface area contributed by atoms with Crippen LogP contribution in [0.1, 0.15) is 44.1 Å². The second-order valence-electron chi connectivity index (χ2n) is 4.87. The van der Waals surface area contributed by atoms with Crippen LogP contribution < -0.4 is 5.73 Å². The Kier molecular flexibility index (Phi) is 3.72. The van der Waals surface area contributed by atoms with Gasteiger partial charge >= 0.3 is 0 Å². The average molecular weight is 241 g/mol. The summed E-state index contributed by atoms with van der Waals surface area (Å²) in [4.78, 5) is 8.65. The lowest BCUT2D eigenvalue weighted by molar-refractivity contribution is 0.741. The molecular formula is C15H19N3. The van der Waals surface area contributed by atoms with E-state index in [0.29, 0.717) is 11.7 Å². The molecule has 3 heteroatoms. The Morgan fingerprint density at radius 1 is 1.00 bits per heavy atom. The van der Waals surface area contributed by atoms with Gasteiger partial charge in [0.2, 0.25) is 0 Å². The van der Waals surface area contributed by atoms with Crippen molar-refractivity contribution in [2.24, 2.45) is 5.73 Å². The number of hydrogen-bond donors (Lipinski definition) is 1. The summed E-state index contributed by atoms with van der Waals surface area (Å²) in [6, 6.07) is 10.3. The quantitative estimate of drug-likeness (QED) is 0.897. The molecule has 0 saturated heterocycles. The Morgan fingerprint density at radius 3 is 2.22 bits per heavy atom. The molecule has 0 aliphatic heterocycles. The SMILES string of the molecule is CC(C)c1ccc(-c2ccnc(C(C)N)n2)cc1. The van der Waals surface area contributed by atoms with E-state index in [9.17, 15) is 0 Å². The number of aromatic nitrogens is 2. The summed E-state index contributed by atoms with van der Waals surface area (Å²) in [5, 5.41) is 0. The van der Waals surface area contributed by atoms with Gasteiger partial charge < -0.3 is 5.73 Å². The molecular weight excluding hydrogens is 222 g/mol. The number of nitrogens with zero attached hydrogens (tertiary/aromatic N) is 2. The van der Waals surface area contributed by atoms with Crippen molar-refractivity contribution < 1.29 is 0 Å². The Labute approximate surface area is 108 Å². The average Bonchev–Trinajstić information content (AvgIpc) is 2.39. The molecule has 3 nitrogen and oxygen atoms in total. The summed E-state index contributed by atoms with van der Waals surface area (Å²) < 4.78 is 0. The van der Waals surface area contributed by atoms with Crippen molar-refractivity contribution in [3.8, 4) is 11.3 Å². The van der Waals surface area contributed by atoms with Crippen molar-refractivity contribution in [3.05, 3.63) is 47.9 Å². The fourth-order valence-corrected chi connectivity index (χ4v) is 1.79. The van der Waals surface area contributed by atoms with Gasteiger partial charge in [0.15, 0.2) is 0 Å². The molecule has 2 rings (SSSR count). The molecule has 94 valence electrons. The lowest BCUT2D eigenvalue weighted by atomic mass is 10.0. The van der Waals surface area contributed by atoms with Gasteiger partial charge in [0.25, 0.3) is 0 Å². The van der Waals surface area contributed by atoms with Crippen molar-refractivity contribution in [2.75, 3.05) is 0 Å². The maximum Gasteiger partial charge on any atom is 0.145 e. The number of nitrogens with two attached hydrogens (primary N) is 1. The molecule has 1 heterocycles. The molecule has 0 aliphatic rings. The second kappa shape index (κ2) is 5.27. The number of hydrogen-bond acceptors (Lipinski definition) is 3. The third-order valence-electron chi connectivity index (χ3n) is 2.95. The van der Waals surface area contributed by atoms with Gasteiger partial charge in [-0.15, -0.1) is 0 Å². The Hall–Kier alpha value is -1.74. The molecule has 0 spiro atoms. The normalized spacial score (nSPS) is 12.7. The first kappa shape index (κ1) is 12.7. The Balaban J connectivity index is 2.33. The summed E-state index contributed by atoms with van der Waals surface area (Å²) in [7, 11) is 0. The van der Waals surface area contributed by atoms with Gasteiger partial charge in [-0.05, 0) is 24.5 Å². The van der Waals surface area contributed by atoms with Crippen LogP contribution in [-0.4, -0.2) is 9.97 Å². The van der Waals surface area contributed by atoms with E-state index in [1.807, 2.05) is 13.0 Å². The zero-order valence-electron chi connectivity index (χ0n) is 11.1. The molecule has 1 unspecified atom stereocenters. The first-order valence-corrected chi connectivity index (χ1v) is 6.27. The van der Waals surface area contributed by atoms with E-state index in [1.54, 1.807) is 6.20 Å². The van der Waals surface area contributed by atoms with E-state index in [0.717, 1.165) is 11.3 Å². The van der Waals surface area contributed by atoms with Gasteiger partial charge in [-0.25, -0.2) is 9.97 Å². The van der Waals surface area contributed by atoms with Gasteiger partial charge in [-0.2, -0.15) is 0 Å². The summed E-state index contributed by atoms with van der Waals surface area (Å²) in [5.41, 5.74) is 9.16. The molecule has 0 radical (unpaired) electrons. The van der Waals surface area contributed by atoms with Crippen molar-refractivity contribution >= 4 is 0 Å². The van der Waals surface area contributed by atoms with Gasteiger partial charge in [0, 0.05) is 11.8 Å². The van der Waals surface area contributed by atoms with Crippen LogP contribution >= 0.6 is 0 Å². The van der Waals surface area contributed by atoms with E-state index in [4.69, 9.17) is 5.73 Å². The van der Waals surface area contributed by atoms with E-state index in [2.05, 4.69) is 48.1 Å². The molecule has 1 aromatic heterocycles.